The van der Waals surface area contributed by atoms with Crippen LogP contribution in [0, 0.1) is 3.57 Å². The lowest BCUT2D eigenvalue weighted by Crippen LogP contribution is -2.33. The maximum absolute atomic E-state index is 12.4. The summed E-state index contributed by atoms with van der Waals surface area (Å²) in [6.45, 7) is 2.68. The van der Waals surface area contributed by atoms with E-state index >= 15 is 0 Å². The maximum Gasteiger partial charge on any atom is 0.264 e. The van der Waals surface area contributed by atoms with E-state index in [0.29, 0.717) is 12.5 Å². The van der Waals surface area contributed by atoms with Crippen LogP contribution in [0.3, 0.4) is 0 Å². The molecular formula is C16H23IN2O2. The van der Waals surface area contributed by atoms with Crippen LogP contribution in [0.5, 0.6) is 0 Å². The second-order valence-corrected chi connectivity index (χ2v) is 7.31. The van der Waals surface area contributed by atoms with Crippen LogP contribution in [-0.2, 0) is 10.3 Å². The van der Waals surface area contributed by atoms with Crippen molar-refractivity contribution in [1.29, 1.82) is 0 Å². The Balaban J connectivity index is 2.04. The number of nitrogens with one attached hydrogen (secondary N) is 1. The van der Waals surface area contributed by atoms with E-state index in [1.807, 2.05) is 6.92 Å². The van der Waals surface area contributed by atoms with Crippen LogP contribution in [-0.4, -0.2) is 16.6 Å². The molecule has 0 atom stereocenters. The highest BCUT2D eigenvalue weighted by Gasteiger charge is 2.39. The molecule has 0 bridgehead atoms. The fourth-order valence-corrected chi connectivity index (χ4v) is 4.53. The molecule has 0 aromatic carbocycles. The molecule has 21 heavy (non-hydrogen) atoms. The maximum atomic E-state index is 12.4. The lowest BCUT2D eigenvalue weighted by atomic mass is 9.99. The van der Waals surface area contributed by atoms with Crippen molar-refractivity contribution in [2.45, 2.75) is 69.8 Å². The standard InChI is InChI=1S/C16H23IN2O2/c1-2-21-16(9-5-6-10-16)15-18-13(11-7-3-4-8-11)12(17)14(20)19-15/h11H,2-10H2,1H3,(H,18,19,20). The van der Waals surface area contributed by atoms with Crippen molar-refractivity contribution in [3.05, 3.63) is 25.4 Å². The van der Waals surface area contributed by atoms with Crippen molar-refractivity contribution in [2.75, 3.05) is 6.61 Å². The summed E-state index contributed by atoms with van der Waals surface area (Å²) < 4.78 is 6.83. The van der Waals surface area contributed by atoms with Crippen molar-refractivity contribution >= 4 is 22.6 Å². The molecule has 2 aliphatic carbocycles. The largest absolute Gasteiger partial charge is 0.367 e. The molecule has 1 N–H and O–H groups in total. The van der Waals surface area contributed by atoms with Crippen molar-refractivity contribution in [1.82, 2.24) is 9.97 Å². The zero-order valence-electron chi connectivity index (χ0n) is 12.6. The predicted molar refractivity (Wildman–Crippen MR) is 90.6 cm³/mol. The van der Waals surface area contributed by atoms with Crippen LogP contribution >= 0.6 is 22.6 Å². The van der Waals surface area contributed by atoms with Crippen molar-refractivity contribution in [3.63, 3.8) is 0 Å². The molecule has 0 aliphatic heterocycles. The minimum Gasteiger partial charge on any atom is -0.367 e. The van der Waals surface area contributed by atoms with E-state index in [4.69, 9.17) is 9.72 Å². The van der Waals surface area contributed by atoms with Crippen LogP contribution in [0.2, 0.25) is 0 Å². The van der Waals surface area contributed by atoms with E-state index in [2.05, 4.69) is 27.6 Å². The lowest BCUT2D eigenvalue weighted by molar-refractivity contribution is -0.0461. The Hall–Kier alpha value is -0.430. The molecule has 0 amide bonds. The van der Waals surface area contributed by atoms with Gasteiger partial charge in [-0.1, -0.05) is 12.8 Å². The first kappa shape index (κ1) is 15.5. The summed E-state index contributed by atoms with van der Waals surface area (Å²) in [7, 11) is 0. The van der Waals surface area contributed by atoms with Gasteiger partial charge in [0.2, 0.25) is 0 Å². The zero-order valence-corrected chi connectivity index (χ0v) is 14.7. The lowest BCUT2D eigenvalue weighted by Gasteiger charge is -2.28. The van der Waals surface area contributed by atoms with Crippen molar-refractivity contribution in [2.24, 2.45) is 0 Å². The summed E-state index contributed by atoms with van der Waals surface area (Å²) in [5.74, 6) is 1.23. The molecule has 2 fully saturated rings. The summed E-state index contributed by atoms with van der Waals surface area (Å²) in [5.41, 5.74) is 0.664. The Bertz CT molecular complexity index is 558. The molecule has 1 aromatic rings. The third kappa shape index (κ3) is 2.91. The van der Waals surface area contributed by atoms with Gasteiger partial charge in [-0.25, -0.2) is 4.98 Å². The van der Waals surface area contributed by atoms with Crippen molar-refractivity contribution < 1.29 is 4.74 Å². The van der Waals surface area contributed by atoms with Crippen LogP contribution < -0.4 is 5.56 Å². The first-order valence-corrected chi connectivity index (χ1v) is 9.18. The van der Waals surface area contributed by atoms with Gasteiger partial charge in [0.15, 0.2) is 0 Å². The van der Waals surface area contributed by atoms with Gasteiger partial charge in [-0.05, 0) is 68.0 Å². The number of H-pyrrole nitrogens is 1. The minimum absolute atomic E-state index is 0.00785. The van der Waals surface area contributed by atoms with Gasteiger partial charge in [-0.2, -0.15) is 0 Å². The molecule has 1 aromatic heterocycles. The number of aromatic nitrogens is 2. The monoisotopic (exact) mass is 402 g/mol. The Labute approximate surface area is 139 Å². The second kappa shape index (κ2) is 6.36. The smallest absolute Gasteiger partial charge is 0.264 e. The third-order valence-corrected chi connectivity index (χ3v) is 5.94. The van der Waals surface area contributed by atoms with E-state index in [1.165, 1.54) is 12.8 Å². The molecule has 0 radical (unpaired) electrons. The molecule has 0 saturated heterocycles. The van der Waals surface area contributed by atoms with Crippen LogP contribution in [0.1, 0.15) is 75.7 Å². The number of hydrogen-bond donors (Lipinski definition) is 1. The molecule has 0 spiro atoms. The number of rotatable bonds is 4. The van der Waals surface area contributed by atoms with Crippen LogP contribution in [0.15, 0.2) is 4.79 Å². The number of ether oxygens (including phenoxy) is 1. The molecule has 2 saturated carbocycles. The molecule has 116 valence electrons. The number of hydrogen-bond acceptors (Lipinski definition) is 3. The summed E-state index contributed by atoms with van der Waals surface area (Å²) >= 11 is 2.15. The summed E-state index contributed by atoms with van der Waals surface area (Å²) in [6, 6.07) is 0. The van der Waals surface area contributed by atoms with Crippen molar-refractivity contribution in [3.8, 4) is 0 Å². The zero-order chi connectivity index (χ0) is 14.9. The van der Waals surface area contributed by atoms with E-state index in [0.717, 1.165) is 53.6 Å². The van der Waals surface area contributed by atoms with E-state index < -0.39 is 0 Å². The fraction of sp³-hybridized carbons (Fsp3) is 0.750. The van der Waals surface area contributed by atoms with Crippen LogP contribution in [0.4, 0.5) is 0 Å². The molecule has 1 heterocycles. The first-order valence-electron chi connectivity index (χ1n) is 8.10. The summed E-state index contributed by atoms with van der Waals surface area (Å²) in [5, 5.41) is 0. The highest BCUT2D eigenvalue weighted by Crippen LogP contribution is 2.41. The minimum atomic E-state index is -0.356. The Morgan fingerprint density at radius 2 is 1.95 bits per heavy atom. The van der Waals surface area contributed by atoms with Gasteiger partial charge in [0, 0.05) is 12.5 Å². The molecule has 4 nitrogen and oxygen atoms in total. The van der Waals surface area contributed by atoms with Gasteiger partial charge >= 0.3 is 0 Å². The Kier molecular flexibility index (Phi) is 4.69. The average Bonchev–Trinajstić information content (AvgIpc) is 3.13. The fourth-order valence-electron chi connectivity index (χ4n) is 3.83. The van der Waals surface area contributed by atoms with E-state index in [-0.39, 0.29) is 11.2 Å². The molecule has 2 aliphatic rings. The average molecular weight is 402 g/mol. The SMILES string of the molecule is CCOC1(c2nc(C3CCCC3)c(I)c(=O)[nH]2)CCCC1. The van der Waals surface area contributed by atoms with Gasteiger partial charge in [0.25, 0.3) is 5.56 Å². The predicted octanol–water partition coefficient (Wildman–Crippen LogP) is 3.84. The highest BCUT2D eigenvalue weighted by molar-refractivity contribution is 14.1. The number of nitrogens with zero attached hydrogens (tertiary/aromatic N) is 1. The highest BCUT2D eigenvalue weighted by atomic mass is 127. The molecule has 0 unspecified atom stereocenters. The van der Waals surface area contributed by atoms with Crippen LogP contribution in [0.25, 0.3) is 0 Å². The third-order valence-electron chi connectivity index (χ3n) is 4.89. The van der Waals surface area contributed by atoms with Gasteiger partial charge in [0.05, 0.1) is 9.26 Å². The normalized spacial score (nSPS) is 22.0. The molecule has 5 heteroatoms. The second-order valence-electron chi connectivity index (χ2n) is 6.23. The summed E-state index contributed by atoms with van der Waals surface area (Å²) in [6.07, 6.45) is 9.05. The van der Waals surface area contributed by atoms with Gasteiger partial charge in [-0.3, -0.25) is 4.79 Å². The quantitative estimate of drug-likeness (QED) is 0.779. The topological polar surface area (TPSA) is 55.0 Å². The first-order chi connectivity index (χ1) is 10.2. The Morgan fingerprint density at radius 3 is 2.57 bits per heavy atom. The number of aromatic amines is 1. The number of halogens is 1. The van der Waals surface area contributed by atoms with Gasteiger partial charge in [-0.15, -0.1) is 0 Å². The van der Waals surface area contributed by atoms with E-state index in [9.17, 15) is 4.79 Å². The molecule has 3 rings (SSSR count). The Morgan fingerprint density at radius 1 is 1.29 bits per heavy atom. The summed E-state index contributed by atoms with van der Waals surface area (Å²) in [4.78, 5) is 20.3. The van der Waals surface area contributed by atoms with E-state index in [1.54, 1.807) is 0 Å². The van der Waals surface area contributed by atoms with Gasteiger partial charge in [0.1, 0.15) is 11.4 Å². The van der Waals surface area contributed by atoms with Gasteiger partial charge < -0.3 is 9.72 Å². The molecular weight excluding hydrogens is 379 g/mol.